The highest BCUT2D eigenvalue weighted by Crippen LogP contribution is 2.33. The molecule has 4 aromatic rings. The van der Waals surface area contributed by atoms with E-state index < -0.39 is 0 Å². The first kappa shape index (κ1) is 26.7. The lowest BCUT2D eigenvalue weighted by atomic mass is 10.2. The molecule has 0 unspecified atom stereocenters. The van der Waals surface area contributed by atoms with E-state index in [1.807, 2.05) is 23.6 Å². The second-order valence-electron chi connectivity index (χ2n) is 9.10. The van der Waals surface area contributed by atoms with Gasteiger partial charge in [-0.3, -0.25) is 5.32 Å². The van der Waals surface area contributed by atoms with Gasteiger partial charge in [-0.1, -0.05) is 23.4 Å². The molecule has 2 aliphatic heterocycles. The van der Waals surface area contributed by atoms with Crippen LogP contribution in [0.3, 0.4) is 0 Å². The number of ether oxygens (including phenoxy) is 3. The van der Waals surface area contributed by atoms with Gasteiger partial charge < -0.3 is 24.4 Å². The Hall–Kier alpha value is -3.47. The van der Waals surface area contributed by atoms with Crippen molar-refractivity contribution < 1.29 is 19.0 Å². The van der Waals surface area contributed by atoms with Crippen molar-refractivity contribution in [1.82, 2.24) is 25.2 Å². The van der Waals surface area contributed by atoms with Gasteiger partial charge in [-0.15, -0.1) is 22.7 Å². The van der Waals surface area contributed by atoms with Crippen LogP contribution in [0.15, 0.2) is 42.2 Å². The number of benzene rings is 1. The third kappa shape index (κ3) is 6.46. The van der Waals surface area contributed by atoms with Crippen molar-refractivity contribution in [3.63, 3.8) is 0 Å². The molecule has 6 rings (SSSR count). The summed E-state index contributed by atoms with van der Waals surface area (Å²) in [6, 6.07) is 7.40. The average molecular weight is 597 g/mol. The topological polar surface area (TPSA) is 111 Å². The van der Waals surface area contributed by atoms with Crippen molar-refractivity contribution in [2.45, 2.75) is 25.2 Å². The minimum Gasteiger partial charge on any atom is -0.485 e. The Labute approximate surface area is 243 Å². The Balaban J connectivity index is 1.08. The number of anilines is 2. The summed E-state index contributed by atoms with van der Waals surface area (Å²) >= 11 is 9.51. The van der Waals surface area contributed by atoms with Gasteiger partial charge in [-0.25, -0.2) is 19.7 Å². The van der Waals surface area contributed by atoms with Crippen LogP contribution in [0, 0.1) is 11.8 Å². The smallest absolute Gasteiger partial charge is 0.410 e. The van der Waals surface area contributed by atoms with E-state index in [1.165, 1.54) is 29.0 Å². The van der Waals surface area contributed by atoms with Crippen LogP contribution in [-0.2, 0) is 16.1 Å². The van der Waals surface area contributed by atoms with Crippen LogP contribution < -0.4 is 15.4 Å². The number of hydrogen-bond acceptors (Lipinski definition) is 11. The van der Waals surface area contributed by atoms with Crippen molar-refractivity contribution in [2.75, 3.05) is 38.2 Å². The maximum Gasteiger partial charge on any atom is 0.410 e. The normalized spacial score (nSPS) is 18.8. The van der Waals surface area contributed by atoms with Gasteiger partial charge in [0.2, 0.25) is 0 Å². The monoisotopic (exact) mass is 596 g/mol. The van der Waals surface area contributed by atoms with E-state index in [0.717, 1.165) is 25.8 Å². The van der Waals surface area contributed by atoms with Crippen LogP contribution in [0.1, 0.15) is 16.3 Å². The molecule has 2 fully saturated rings. The number of rotatable bonds is 6. The molecule has 2 aliphatic rings. The molecule has 0 bridgehead atoms. The molecule has 10 nitrogen and oxygen atoms in total. The summed E-state index contributed by atoms with van der Waals surface area (Å²) in [5, 5.41) is 9.95. The lowest BCUT2D eigenvalue weighted by Crippen LogP contribution is -2.42. The number of amides is 1. The molecule has 1 aromatic carbocycles. The van der Waals surface area contributed by atoms with Gasteiger partial charge in [0.25, 0.3) is 0 Å². The first-order chi connectivity index (χ1) is 19.6. The molecular weight excluding hydrogens is 572 g/mol. The molecule has 5 heterocycles. The Bertz CT molecular complexity index is 1550. The second kappa shape index (κ2) is 12.4. The summed E-state index contributed by atoms with van der Waals surface area (Å²) in [5.41, 5.74) is 1.58. The van der Waals surface area contributed by atoms with Crippen LogP contribution in [0.25, 0.3) is 10.2 Å². The summed E-state index contributed by atoms with van der Waals surface area (Å²) < 4.78 is 17.6. The number of nitrogens with zero attached hydrogens (tertiary/aromatic N) is 4. The maximum atomic E-state index is 12.4. The van der Waals surface area contributed by atoms with E-state index in [9.17, 15) is 4.79 Å². The maximum absolute atomic E-state index is 12.4. The number of carbonyl (C=O) groups excluding carboxylic acids is 1. The van der Waals surface area contributed by atoms with Gasteiger partial charge in [0, 0.05) is 43.3 Å². The first-order valence-corrected chi connectivity index (χ1v) is 14.8. The Morgan fingerprint density at radius 2 is 2.15 bits per heavy atom. The number of aromatic nitrogens is 3. The van der Waals surface area contributed by atoms with Crippen LogP contribution in [-0.4, -0.2) is 70.9 Å². The van der Waals surface area contributed by atoms with Gasteiger partial charge in [-0.2, -0.15) is 0 Å². The van der Waals surface area contributed by atoms with Gasteiger partial charge in [-0.05, 0) is 24.3 Å². The SMILES string of the molecule is O=C(O[C@H]1CN[C@H](C#Cc2cc3ncnc(Nc4ccc(OCc5nccs5)c(Cl)c4)c3s2)C1)N1CCOCC1. The van der Waals surface area contributed by atoms with Gasteiger partial charge in [0.05, 0.1) is 39.4 Å². The van der Waals surface area contributed by atoms with E-state index in [2.05, 4.69) is 37.4 Å². The van der Waals surface area contributed by atoms with Crippen molar-refractivity contribution in [3.8, 4) is 17.6 Å². The zero-order valence-electron chi connectivity index (χ0n) is 21.3. The van der Waals surface area contributed by atoms with Crippen LogP contribution in [0.4, 0.5) is 16.3 Å². The van der Waals surface area contributed by atoms with Gasteiger partial charge in [0.1, 0.15) is 29.8 Å². The molecule has 2 saturated heterocycles. The predicted molar refractivity (Wildman–Crippen MR) is 155 cm³/mol. The number of thiophene rings is 1. The molecule has 13 heteroatoms. The summed E-state index contributed by atoms with van der Waals surface area (Å²) in [4.78, 5) is 28.0. The Morgan fingerprint density at radius 3 is 2.98 bits per heavy atom. The molecule has 0 radical (unpaired) electrons. The molecule has 3 aromatic heterocycles. The number of nitrogens with one attached hydrogen (secondary N) is 2. The molecule has 2 atom stereocenters. The largest absolute Gasteiger partial charge is 0.485 e. The van der Waals surface area contributed by atoms with E-state index in [0.29, 0.717) is 62.5 Å². The zero-order valence-corrected chi connectivity index (χ0v) is 23.7. The summed E-state index contributed by atoms with van der Waals surface area (Å²) in [5.74, 6) is 7.77. The van der Waals surface area contributed by atoms with E-state index in [1.54, 1.807) is 17.2 Å². The molecule has 206 valence electrons. The number of halogens is 1. The number of thiazole rings is 1. The molecule has 0 saturated carbocycles. The average Bonchev–Trinajstić information content (AvgIpc) is 3.74. The number of fused-ring (bicyclic) bond motifs is 1. The standard InChI is InChI=1S/C27H25ClN6O4S2/c28-21-12-18(2-4-23(21)37-15-24-29-5-10-39-24)33-26-25-22(31-16-32-26)13-20(40-25)3-1-17-11-19(14-30-17)38-27(35)34-6-8-36-9-7-34/h2,4-5,10,12-13,16-17,19,30H,6-9,11,14-15H2,(H,31,32,33)/t17-,19-/m1/s1. The van der Waals surface area contributed by atoms with Crippen LogP contribution in [0.2, 0.25) is 5.02 Å². The van der Waals surface area contributed by atoms with Gasteiger partial charge >= 0.3 is 6.09 Å². The number of hydrogen-bond donors (Lipinski definition) is 2. The number of carbonyl (C=O) groups is 1. The molecule has 40 heavy (non-hydrogen) atoms. The van der Waals surface area contributed by atoms with E-state index >= 15 is 0 Å². The third-order valence-corrected chi connectivity index (χ3v) is 8.43. The quantitative estimate of drug-likeness (QED) is 0.307. The molecule has 2 N–H and O–H groups in total. The third-order valence-electron chi connectivity index (χ3n) is 6.34. The second-order valence-corrected chi connectivity index (χ2v) is 11.5. The van der Waals surface area contributed by atoms with Gasteiger partial charge in [0.15, 0.2) is 5.82 Å². The summed E-state index contributed by atoms with van der Waals surface area (Å²) in [6.45, 7) is 3.17. The highest BCUT2D eigenvalue weighted by molar-refractivity contribution is 7.20. The fourth-order valence-corrected chi connectivity index (χ4v) is 6.01. The molecule has 0 spiro atoms. The lowest BCUT2D eigenvalue weighted by Gasteiger charge is -2.27. The fourth-order valence-electron chi connectivity index (χ4n) is 4.33. The highest BCUT2D eigenvalue weighted by atomic mass is 35.5. The first-order valence-electron chi connectivity index (χ1n) is 12.7. The Morgan fingerprint density at radius 1 is 1.25 bits per heavy atom. The zero-order chi connectivity index (χ0) is 27.3. The highest BCUT2D eigenvalue weighted by Gasteiger charge is 2.28. The van der Waals surface area contributed by atoms with Crippen molar-refractivity contribution in [1.29, 1.82) is 0 Å². The van der Waals surface area contributed by atoms with Crippen molar-refractivity contribution in [3.05, 3.63) is 57.1 Å². The molecule has 1 amide bonds. The lowest BCUT2D eigenvalue weighted by molar-refractivity contribution is 0.0156. The van der Waals surface area contributed by atoms with Crippen molar-refractivity contribution >= 4 is 62.1 Å². The number of morpholine rings is 1. The Kier molecular flexibility index (Phi) is 8.27. The van der Waals surface area contributed by atoms with Crippen LogP contribution in [0.5, 0.6) is 5.75 Å². The van der Waals surface area contributed by atoms with Crippen molar-refractivity contribution in [2.24, 2.45) is 0 Å². The van der Waals surface area contributed by atoms with Crippen LogP contribution >= 0.6 is 34.3 Å². The predicted octanol–water partition coefficient (Wildman–Crippen LogP) is 4.67. The van der Waals surface area contributed by atoms with E-state index in [4.69, 9.17) is 25.8 Å². The minimum absolute atomic E-state index is 0.0603. The minimum atomic E-state index is -0.286. The van der Waals surface area contributed by atoms with E-state index in [-0.39, 0.29) is 18.2 Å². The summed E-state index contributed by atoms with van der Waals surface area (Å²) in [6.07, 6.45) is 3.43. The molecule has 0 aliphatic carbocycles. The summed E-state index contributed by atoms with van der Waals surface area (Å²) in [7, 11) is 0. The fraction of sp³-hybridized carbons (Fsp3) is 0.333. The molecular formula is C27H25ClN6O4S2.